The van der Waals surface area contributed by atoms with Gasteiger partial charge in [-0.3, -0.25) is 0 Å². The summed E-state index contributed by atoms with van der Waals surface area (Å²) in [6.07, 6.45) is 1.92. The first kappa shape index (κ1) is 18.4. The van der Waals surface area contributed by atoms with Crippen LogP contribution in [0.15, 0.2) is 48.5 Å². The van der Waals surface area contributed by atoms with E-state index in [4.69, 9.17) is 14.6 Å². The SMILES string of the molecule is COc1ccc(C2(CNCc3cccc(C(=O)O)c3)CCOCC2)cc1. The zero-order valence-corrected chi connectivity index (χ0v) is 15.0. The number of methoxy groups -OCH3 is 1. The van der Waals surface area contributed by atoms with Gasteiger partial charge in [-0.05, 0) is 48.2 Å². The van der Waals surface area contributed by atoms with Crippen molar-refractivity contribution in [2.24, 2.45) is 0 Å². The Labute approximate surface area is 153 Å². The van der Waals surface area contributed by atoms with Crippen molar-refractivity contribution in [3.8, 4) is 5.75 Å². The monoisotopic (exact) mass is 355 g/mol. The molecular formula is C21H25NO4. The molecule has 138 valence electrons. The molecular weight excluding hydrogens is 330 g/mol. The quantitative estimate of drug-likeness (QED) is 0.798. The number of ether oxygens (including phenoxy) is 2. The Morgan fingerprint density at radius 1 is 1.19 bits per heavy atom. The molecule has 5 heteroatoms. The van der Waals surface area contributed by atoms with Gasteiger partial charge >= 0.3 is 5.97 Å². The van der Waals surface area contributed by atoms with Crippen LogP contribution in [0.5, 0.6) is 5.75 Å². The van der Waals surface area contributed by atoms with Crippen molar-refractivity contribution in [1.29, 1.82) is 0 Å². The van der Waals surface area contributed by atoms with Crippen molar-refractivity contribution in [3.63, 3.8) is 0 Å². The Bertz CT molecular complexity index is 736. The van der Waals surface area contributed by atoms with E-state index in [0.717, 1.165) is 43.9 Å². The molecule has 5 nitrogen and oxygen atoms in total. The van der Waals surface area contributed by atoms with Crippen molar-refractivity contribution in [2.75, 3.05) is 26.9 Å². The summed E-state index contributed by atoms with van der Waals surface area (Å²) in [6, 6.07) is 15.3. The topological polar surface area (TPSA) is 67.8 Å². The molecule has 1 fully saturated rings. The zero-order valence-electron chi connectivity index (χ0n) is 15.0. The molecule has 0 radical (unpaired) electrons. The number of benzene rings is 2. The summed E-state index contributed by atoms with van der Waals surface area (Å²) >= 11 is 0. The molecule has 3 rings (SSSR count). The van der Waals surface area contributed by atoms with E-state index < -0.39 is 5.97 Å². The van der Waals surface area contributed by atoms with E-state index in [0.29, 0.717) is 12.1 Å². The van der Waals surface area contributed by atoms with Crippen LogP contribution in [0, 0.1) is 0 Å². The summed E-state index contributed by atoms with van der Waals surface area (Å²) in [5, 5.41) is 12.7. The second-order valence-electron chi connectivity index (χ2n) is 6.73. The summed E-state index contributed by atoms with van der Waals surface area (Å²) in [7, 11) is 1.67. The summed E-state index contributed by atoms with van der Waals surface area (Å²) in [5.41, 5.74) is 2.60. The van der Waals surface area contributed by atoms with E-state index in [2.05, 4.69) is 17.4 Å². The highest BCUT2D eigenvalue weighted by molar-refractivity contribution is 5.87. The molecule has 0 amide bonds. The Balaban J connectivity index is 1.70. The number of carbonyl (C=O) groups is 1. The van der Waals surface area contributed by atoms with E-state index in [1.54, 1.807) is 25.3 Å². The highest BCUT2D eigenvalue weighted by Gasteiger charge is 2.34. The minimum Gasteiger partial charge on any atom is -0.497 e. The Morgan fingerprint density at radius 3 is 2.58 bits per heavy atom. The first-order valence-electron chi connectivity index (χ1n) is 8.88. The molecule has 0 bridgehead atoms. The van der Waals surface area contributed by atoms with Gasteiger partial charge in [0.05, 0.1) is 12.7 Å². The largest absolute Gasteiger partial charge is 0.497 e. The lowest BCUT2D eigenvalue weighted by atomic mass is 9.74. The third kappa shape index (κ3) is 4.23. The maximum Gasteiger partial charge on any atom is 0.335 e. The summed E-state index contributed by atoms with van der Waals surface area (Å²) < 4.78 is 10.9. The fourth-order valence-corrected chi connectivity index (χ4v) is 3.53. The van der Waals surface area contributed by atoms with E-state index in [1.807, 2.05) is 18.2 Å². The predicted molar refractivity (Wildman–Crippen MR) is 99.8 cm³/mol. The van der Waals surface area contributed by atoms with E-state index in [-0.39, 0.29) is 5.41 Å². The van der Waals surface area contributed by atoms with Crippen LogP contribution in [0.25, 0.3) is 0 Å². The molecule has 0 spiro atoms. The molecule has 1 aliphatic rings. The smallest absolute Gasteiger partial charge is 0.335 e. The highest BCUT2D eigenvalue weighted by Crippen LogP contribution is 2.35. The Kier molecular flexibility index (Phi) is 5.91. The van der Waals surface area contributed by atoms with Gasteiger partial charge in [0.15, 0.2) is 0 Å². The van der Waals surface area contributed by atoms with Gasteiger partial charge in [-0.2, -0.15) is 0 Å². The minimum atomic E-state index is -0.897. The van der Waals surface area contributed by atoms with Gasteiger partial charge in [0.1, 0.15) is 5.75 Å². The second-order valence-corrected chi connectivity index (χ2v) is 6.73. The third-order valence-corrected chi connectivity index (χ3v) is 5.12. The zero-order chi connectivity index (χ0) is 18.4. The number of carboxylic acid groups (broad SMARTS) is 1. The van der Waals surface area contributed by atoms with Gasteiger partial charge in [-0.15, -0.1) is 0 Å². The van der Waals surface area contributed by atoms with E-state index >= 15 is 0 Å². The van der Waals surface area contributed by atoms with Crippen molar-refractivity contribution in [2.45, 2.75) is 24.8 Å². The Morgan fingerprint density at radius 2 is 1.92 bits per heavy atom. The van der Waals surface area contributed by atoms with Crippen molar-refractivity contribution in [1.82, 2.24) is 5.32 Å². The third-order valence-electron chi connectivity index (χ3n) is 5.12. The van der Waals surface area contributed by atoms with Crippen molar-refractivity contribution >= 4 is 5.97 Å². The number of hydrogen-bond acceptors (Lipinski definition) is 4. The summed E-state index contributed by atoms with van der Waals surface area (Å²) in [5.74, 6) is -0.0413. The number of carboxylic acids is 1. The molecule has 0 aromatic heterocycles. The van der Waals surface area contributed by atoms with Gasteiger partial charge < -0.3 is 19.9 Å². The lowest BCUT2D eigenvalue weighted by Crippen LogP contribution is -2.42. The first-order chi connectivity index (χ1) is 12.6. The molecule has 2 N–H and O–H groups in total. The maximum absolute atomic E-state index is 11.1. The van der Waals surface area contributed by atoms with Crippen molar-refractivity contribution < 1.29 is 19.4 Å². The number of hydrogen-bond donors (Lipinski definition) is 2. The molecule has 0 aliphatic carbocycles. The van der Waals surface area contributed by atoms with Gasteiger partial charge in [-0.25, -0.2) is 4.79 Å². The normalized spacial score (nSPS) is 16.2. The average molecular weight is 355 g/mol. The molecule has 2 aromatic carbocycles. The van der Waals surface area contributed by atoms with Crippen LogP contribution in [0.3, 0.4) is 0 Å². The molecule has 1 saturated heterocycles. The van der Waals surface area contributed by atoms with Crippen LogP contribution in [0.1, 0.15) is 34.3 Å². The average Bonchev–Trinajstić information content (AvgIpc) is 2.69. The van der Waals surface area contributed by atoms with E-state index in [1.165, 1.54) is 5.56 Å². The standard InChI is InChI=1S/C21H25NO4/c1-25-19-7-5-18(6-8-19)21(9-11-26-12-10-21)15-22-14-16-3-2-4-17(13-16)20(23)24/h2-8,13,22H,9-12,14-15H2,1H3,(H,23,24). The van der Waals surface area contributed by atoms with Gasteiger partial charge in [-0.1, -0.05) is 24.3 Å². The van der Waals surface area contributed by atoms with Crippen LogP contribution >= 0.6 is 0 Å². The predicted octanol–water partition coefficient (Wildman–Crippen LogP) is 3.23. The minimum absolute atomic E-state index is 0.0227. The molecule has 0 saturated carbocycles. The van der Waals surface area contributed by atoms with Crippen LogP contribution in [0.2, 0.25) is 0 Å². The molecule has 1 heterocycles. The lowest BCUT2D eigenvalue weighted by Gasteiger charge is -2.38. The number of nitrogens with one attached hydrogen (secondary N) is 1. The van der Waals surface area contributed by atoms with Gasteiger partial charge in [0.25, 0.3) is 0 Å². The fourth-order valence-electron chi connectivity index (χ4n) is 3.53. The van der Waals surface area contributed by atoms with Crippen molar-refractivity contribution in [3.05, 3.63) is 65.2 Å². The molecule has 0 unspecified atom stereocenters. The second kappa shape index (κ2) is 8.34. The van der Waals surface area contributed by atoms with E-state index in [9.17, 15) is 4.79 Å². The Hall–Kier alpha value is -2.37. The fraction of sp³-hybridized carbons (Fsp3) is 0.381. The van der Waals surface area contributed by atoms with Gasteiger partial charge in [0.2, 0.25) is 0 Å². The maximum atomic E-state index is 11.1. The first-order valence-corrected chi connectivity index (χ1v) is 8.88. The van der Waals surface area contributed by atoms with Gasteiger partial charge in [0, 0.05) is 31.7 Å². The lowest BCUT2D eigenvalue weighted by molar-refractivity contribution is 0.0497. The van der Waals surface area contributed by atoms with Crippen LogP contribution in [-0.4, -0.2) is 37.9 Å². The number of aromatic carboxylic acids is 1. The molecule has 26 heavy (non-hydrogen) atoms. The van der Waals surface area contributed by atoms with Crippen LogP contribution in [0.4, 0.5) is 0 Å². The molecule has 2 aromatic rings. The summed E-state index contributed by atoms with van der Waals surface area (Å²) in [4.78, 5) is 11.1. The van der Waals surface area contributed by atoms with Crippen LogP contribution in [-0.2, 0) is 16.7 Å². The molecule has 1 aliphatic heterocycles. The molecule has 0 atom stereocenters. The van der Waals surface area contributed by atoms with Crippen LogP contribution < -0.4 is 10.1 Å². The highest BCUT2D eigenvalue weighted by atomic mass is 16.5. The number of rotatable bonds is 7. The summed E-state index contributed by atoms with van der Waals surface area (Å²) in [6.45, 7) is 2.96.